The first-order chi connectivity index (χ1) is 13.9. The Balaban J connectivity index is 1.45. The van der Waals surface area contributed by atoms with Crippen molar-refractivity contribution in [1.82, 2.24) is 4.31 Å². The maximum Gasteiger partial charge on any atom is 0.243 e. The number of nitrogens with one attached hydrogen (secondary N) is 1. The number of benzene rings is 2. The highest BCUT2D eigenvalue weighted by Gasteiger charge is 2.37. The third kappa shape index (κ3) is 3.77. The topological polar surface area (TPSA) is 86.8 Å². The normalized spacial score (nSPS) is 18.0. The zero-order valence-electron chi connectivity index (χ0n) is 16.2. The molecule has 2 amide bonds. The van der Waals surface area contributed by atoms with Crippen LogP contribution < -0.4 is 10.2 Å². The van der Waals surface area contributed by atoms with E-state index in [0.29, 0.717) is 38.0 Å². The van der Waals surface area contributed by atoms with Crippen LogP contribution in [0.5, 0.6) is 0 Å². The summed E-state index contributed by atoms with van der Waals surface area (Å²) in [7, 11) is -3.61. The number of amides is 2. The van der Waals surface area contributed by atoms with Crippen molar-refractivity contribution in [2.75, 3.05) is 23.3 Å². The lowest BCUT2D eigenvalue weighted by Crippen LogP contribution is -2.47. The highest BCUT2D eigenvalue weighted by atomic mass is 32.2. The van der Waals surface area contributed by atoms with Crippen LogP contribution in [0, 0.1) is 0 Å². The third-order valence-electron chi connectivity index (χ3n) is 5.46. The fraction of sp³-hybridized carbons (Fsp3) is 0.333. The second kappa shape index (κ2) is 7.61. The van der Waals surface area contributed by atoms with Crippen LogP contribution in [0.25, 0.3) is 0 Å². The van der Waals surface area contributed by atoms with Crippen LogP contribution in [0.1, 0.15) is 25.3 Å². The Bertz CT molecular complexity index is 1040. The van der Waals surface area contributed by atoms with Crippen LogP contribution in [0.2, 0.25) is 0 Å². The molecule has 0 aliphatic carbocycles. The molecule has 0 aromatic heterocycles. The Hall–Kier alpha value is -2.71. The molecule has 2 aliphatic rings. The number of rotatable bonds is 4. The number of sulfonamides is 1. The highest BCUT2D eigenvalue weighted by Crippen LogP contribution is 2.34. The largest absolute Gasteiger partial charge is 0.326 e. The first-order valence-corrected chi connectivity index (χ1v) is 11.1. The van der Waals surface area contributed by atoms with Gasteiger partial charge in [0, 0.05) is 37.4 Å². The molecule has 2 aliphatic heterocycles. The highest BCUT2D eigenvalue weighted by molar-refractivity contribution is 7.89. The Kier molecular flexibility index (Phi) is 5.14. The zero-order chi connectivity index (χ0) is 20.6. The van der Waals surface area contributed by atoms with Gasteiger partial charge in [-0.3, -0.25) is 9.59 Å². The zero-order valence-corrected chi connectivity index (χ0v) is 17.0. The van der Waals surface area contributed by atoms with Gasteiger partial charge in [-0.25, -0.2) is 8.42 Å². The van der Waals surface area contributed by atoms with Crippen molar-refractivity contribution in [2.24, 2.45) is 0 Å². The molecule has 1 saturated heterocycles. The quantitative estimate of drug-likeness (QED) is 0.834. The number of para-hydroxylation sites is 1. The second-order valence-electron chi connectivity index (χ2n) is 7.41. The number of piperidine rings is 1. The SMILES string of the molecule is CC(=O)Nc1ccc(S(=O)(=O)N2CCC(N3C(=O)Cc4ccccc43)CC2)cc1. The van der Waals surface area contributed by atoms with Gasteiger partial charge in [0.05, 0.1) is 11.3 Å². The van der Waals surface area contributed by atoms with Crippen molar-refractivity contribution in [3.63, 3.8) is 0 Å². The lowest BCUT2D eigenvalue weighted by Gasteiger charge is -2.36. The molecule has 29 heavy (non-hydrogen) atoms. The van der Waals surface area contributed by atoms with E-state index in [4.69, 9.17) is 0 Å². The summed E-state index contributed by atoms with van der Waals surface area (Å²) in [6.45, 7) is 2.14. The van der Waals surface area contributed by atoms with Crippen LogP contribution in [0.15, 0.2) is 53.4 Å². The second-order valence-corrected chi connectivity index (χ2v) is 9.35. The van der Waals surface area contributed by atoms with Gasteiger partial charge in [-0.15, -0.1) is 0 Å². The summed E-state index contributed by atoms with van der Waals surface area (Å²) < 4.78 is 27.4. The number of fused-ring (bicyclic) bond motifs is 1. The molecule has 0 bridgehead atoms. The molecule has 4 rings (SSSR count). The maximum absolute atomic E-state index is 13.0. The van der Waals surface area contributed by atoms with Gasteiger partial charge < -0.3 is 10.2 Å². The van der Waals surface area contributed by atoms with Crippen LogP contribution in [-0.2, 0) is 26.0 Å². The summed E-state index contributed by atoms with van der Waals surface area (Å²) >= 11 is 0. The van der Waals surface area contributed by atoms with Crippen LogP contribution in [0.3, 0.4) is 0 Å². The lowest BCUT2D eigenvalue weighted by molar-refractivity contribution is -0.118. The van der Waals surface area contributed by atoms with E-state index in [0.717, 1.165) is 11.3 Å². The number of carbonyl (C=O) groups excluding carboxylic acids is 2. The number of hydrogen-bond acceptors (Lipinski definition) is 4. The molecule has 2 aromatic rings. The molecular formula is C21H23N3O4S. The van der Waals surface area contributed by atoms with E-state index in [1.165, 1.54) is 23.4 Å². The van der Waals surface area contributed by atoms with E-state index in [2.05, 4.69) is 5.32 Å². The summed E-state index contributed by atoms with van der Waals surface area (Å²) in [6, 6.07) is 14.0. The first kappa shape index (κ1) is 19.6. The van der Waals surface area contributed by atoms with Crippen molar-refractivity contribution >= 4 is 33.2 Å². The van der Waals surface area contributed by atoms with Gasteiger partial charge in [0.25, 0.3) is 0 Å². The minimum Gasteiger partial charge on any atom is -0.326 e. The van der Waals surface area contributed by atoms with E-state index in [1.54, 1.807) is 12.1 Å². The average molecular weight is 413 g/mol. The molecule has 8 heteroatoms. The minimum absolute atomic E-state index is 0.0137. The number of anilines is 2. The number of hydrogen-bond donors (Lipinski definition) is 1. The van der Waals surface area contributed by atoms with Gasteiger partial charge >= 0.3 is 0 Å². The van der Waals surface area contributed by atoms with E-state index in [1.807, 2.05) is 29.2 Å². The van der Waals surface area contributed by atoms with Crippen molar-refractivity contribution < 1.29 is 18.0 Å². The van der Waals surface area contributed by atoms with Gasteiger partial charge in [-0.1, -0.05) is 18.2 Å². The minimum atomic E-state index is -3.61. The van der Waals surface area contributed by atoms with Crippen molar-refractivity contribution in [2.45, 2.75) is 37.1 Å². The van der Waals surface area contributed by atoms with Gasteiger partial charge in [-0.2, -0.15) is 4.31 Å². The fourth-order valence-electron chi connectivity index (χ4n) is 4.08. The molecule has 1 N–H and O–H groups in total. The number of carbonyl (C=O) groups is 2. The summed E-state index contributed by atoms with van der Waals surface area (Å²) in [4.78, 5) is 25.7. The Morgan fingerprint density at radius 3 is 2.34 bits per heavy atom. The van der Waals surface area contributed by atoms with E-state index in [9.17, 15) is 18.0 Å². The standard InChI is InChI=1S/C21H23N3O4S/c1-15(25)22-17-6-8-19(9-7-17)29(27,28)23-12-10-18(11-13-23)24-20-5-3-2-4-16(20)14-21(24)26/h2-9,18H,10-14H2,1H3,(H,22,25). The van der Waals surface area contributed by atoms with Crippen molar-refractivity contribution in [1.29, 1.82) is 0 Å². The first-order valence-electron chi connectivity index (χ1n) is 9.64. The molecular weight excluding hydrogens is 390 g/mol. The van der Waals surface area contributed by atoms with Gasteiger partial charge in [0.15, 0.2) is 0 Å². The molecule has 0 atom stereocenters. The maximum atomic E-state index is 13.0. The Labute approximate surface area is 170 Å². The lowest BCUT2D eigenvalue weighted by atomic mass is 10.0. The predicted octanol–water partition coefficient (Wildman–Crippen LogP) is 2.39. The Morgan fingerprint density at radius 2 is 1.69 bits per heavy atom. The number of nitrogens with zero attached hydrogens (tertiary/aromatic N) is 2. The average Bonchev–Trinajstić information content (AvgIpc) is 3.04. The molecule has 2 heterocycles. The van der Waals surface area contributed by atoms with E-state index < -0.39 is 10.0 Å². The molecule has 0 spiro atoms. The molecule has 152 valence electrons. The summed E-state index contributed by atoms with van der Waals surface area (Å²) in [5, 5.41) is 2.63. The van der Waals surface area contributed by atoms with Gasteiger partial charge in [-0.05, 0) is 48.7 Å². The summed E-state index contributed by atoms with van der Waals surface area (Å²) in [5.41, 5.74) is 2.54. The molecule has 0 radical (unpaired) electrons. The molecule has 0 saturated carbocycles. The monoisotopic (exact) mass is 413 g/mol. The molecule has 2 aromatic carbocycles. The molecule has 7 nitrogen and oxygen atoms in total. The van der Waals surface area contributed by atoms with E-state index in [-0.39, 0.29) is 22.8 Å². The van der Waals surface area contributed by atoms with Crippen LogP contribution >= 0.6 is 0 Å². The smallest absolute Gasteiger partial charge is 0.243 e. The van der Waals surface area contributed by atoms with Gasteiger partial charge in [0.1, 0.15) is 0 Å². The van der Waals surface area contributed by atoms with Crippen LogP contribution in [-0.4, -0.2) is 43.7 Å². The fourth-order valence-corrected chi connectivity index (χ4v) is 5.55. The molecule has 0 unspecified atom stereocenters. The summed E-state index contributed by atoms with van der Waals surface area (Å²) in [5.74, 6) is -0.123. The van der Waals surface area contributed by atoms with Crippen molar-refractivity contribution in [3.8, 4) is 0 Å². The molecule has 1 fully saturated rings. The van der Waals surface area contributed by atoms with Crippen molar-refractivity contribution in [3.05, 3.63) is 54.1 Å². The van der Waals surface area contributed by atoms with Crippen LogP contribution in [0.4, 0.5) is 11.4 Å². The Morgan fingerprint density at radius 1 is 1.03 bits per heavy atom. The third-order valence-corrected chi connectivity index (χ3v) is 7.38. The van der Waals surface area contributed by atoms with Gasteiger partial charge in [0.2, 0.25) is 21.8 Å². The van der Waals surface area contributed by atoms with E-state index >= 15 is 0 Å². The predicted molar refractivity (Wildman–Crippen MR) is 110 cm³/mol. The summed E-state index contributed by atoms with van der Waals surface area (Å²) in [6.07, 6.45) is 1.61.